The lowest BCUT2D eigenvalue weighted by atomic mass is 9.96. The number of hydrogen-bond donors (Lipinski definition) is 12. The minimum atomic E-state index is -1.98. The van der Waals surface area contributed by atoms with Crippen molar-refractivity contribution < 1.29 is 89.4 Å². The molecule has 0 aromatic carbocycles. The highest BCUT2D eigenvalue weighted by Crippen LogP contribution is 2.33. The summed E-state index contributed by atoms with van der Waals surface area (Å²) in [5, 5.41) is 121. The topological polar surface area (TPSA) is 307 Å². The zero-order valence-corrected chi connectivity index (χ0v) is 58.4. The molecule has 0 spiro atoms. The number of unbranched alkanes of at least 4 members (excludes halogenated alkanes) is 37. The number of nitrogens with one attached hydrogen (secondary N) is 1. The average molecular weight is 1340 g/mol. The van der Waals surface area contributed by atoms with Crippen LogP contribution in [-0.4, -0.2) is 193 Å². The first-order valence-electron chi connectivity index (χ1n) is 37.9. The van der Waals surface area contributed by atoms with Gasteiger partial charge in [-0.3, -0.25) is 4.79 Å². The van der Waals surface area contributed by atoms with Gasteiger partial charge < -0.3 is 89.9 Å². The summed E-state index contributed by atoms with van der Waals surface area (Å²) in [6.07, 6.45) is 42.4. The number of amides is 1. The van der Waals surface area contributed by atoms with E-state index in [1.165, 1.54) is 212 Å². The Morgan fingerprint density at radius 2 is 0.713 bits per heavy atom. The summed E-state index contributed by atoms with van der Waals surface area (Å²) in [5.74, 6) is -0.282. The molecule has 1 amide bonds. The molecular weight excluding hydrogens is 1200 g/mol. The third-order valence-electron chi connectivity index (χ3n) is 18.8. The van der Waals surface area contributed by atoms with Crippen LogP contribution >= 0.6 is 0 Å². The molecule has 0 radical (unpaired) electrons. The minimum Gasteiger partial charge on any atom is -0.394 e. The molecule has 3 heterocycles. The molecule has 3 rings (SSSR count). The van der Waals surface area contributed by atoms with Crippen LogP contribution in [0.4, 0.5) is 0 Å². The van der Waals surface area contributed by atoms with E-state index in [0.717, 1.165) is 44.9 Å². The Labute approximate surface area is 567 Å². The van der Waals surface area contributed by atoms with Gasteiger partial charge in [0.25, 0.3) is 0 Å². The summed E-state index contributed by atoms with van der Waals surface area (Å²) in [6.45, 7) is 1.73. The maximum atomic E-state index is 13.4. The third-order valence-corrected chi connectivity index (χ3v) is 18.8. The molecule has 17 atom stereocenters. The lowest BCUT2D eigenvalue weighted by Crippen LogP contribution is -2.66. The Balaban J connectivity index is 1.38. The fourth-order valence-corrected chi connectivity index (χ4v) is 12.7. The number of aliphatic hydroxyl groups excluding tert-OH is 11. The van der Waals surface area contributed by atoms with E-state index in [-0.39, 0.29) is 18.9 Å². The van der Waals surface area contributed by atoms with Gasteiger partial charge >= 0.3 is 0 Å². The summed E-state index contributed by atoms with van der Waals surface area (Å²) in [7, 11) is 0. The van der Waals surface area contributed by atoms with Crippen LogP contribution in [0.2, 0.25) is 0 Å². The predicted molar refractivity (Wildman–Crippen MR) is 369 cm³/mol. The number of aliphatic hydroxyl groups is 11. The van der Waals surface area contributed by atoms with Gasteiger partial charge in [-0.25, -0.2) is 0 Å². The molecule has 550 valence electrons. The van der Waals surface area contributed by atoms with Crippen molar-refractivity contribution in [3.8, 4) is 0 Å². The van der Waals surface area contributed by atoms with Gasteiger partial charge in [0.1, 0.15) is 73.2 Å². The number of hydrogen-bond acceptors (Lipinski definition) is 18. The molecule has 0 aromatic rings. The van der Waals surface area contributed by atoms with Crippen LogP contribution < -0.4 is 5.32 Å². The highest BCUT2D eigenvalue weighted by molar-refractivity contribution is 5.76. The van der Waals surface area contributed by atoms with Crippen molar-refractivity contribution in [1.29, 1.82) is 0 Å². The molecule has 0 saturated carbocycles. The Kier molecular flexibility index (Phi) is 51.7. The molecule has 0 aromatic heterocycles. The first-order chi connectivity index (χ1) is 45.8. The maximum absolute atomic E-state index is 13.4. The Morgan fingerprint density at radius 1 is 0.383 bits per heavy atom. The molecule has 19 nitrogen and oxygen atoms in total. The highest BCUT2D eigenvalue weighted by Gasteiger charge is 2.53. The second-order valence-corrected chi connectivity index (χ2v) is 27.1. The molecule has 3 aliphatic heterocycles. The van der Waals surface area contributed by atoms with Gasteiger partial charge in [0.15, 0.2) is 18.9 Å². The standard InChI is InChI=1S/C75H137NO18/c1-3-5-7-9-11-13-15-17-19-21-23-24-25-26-27-28-29-30-31-32-33-34-35-37-39-41-43-45-47-49-51-53-63(81)76-58(59(80)52-50-48-46-44-42-40-38-36-22-20-18-16-14-12-10-8-6-4-2)57-89-73-69(87)66(84)71(61(55-78)91-73)94-75-70(88)67(85)72(62(56-79)92-75)93-74-68(86)65(83)64(82)60(54-77)90-74/h15,17,21,23,42,44,50,52,58-62,64-75,77-80,82-88H,3-14,16,18-20,22,24-41,43,45-49,51,53-57H2,1-2H3,(H,76,81)/b17-15-,23-21-,44-42+,52-50+. The van der Waals surface area contributed by atoms with E-state index in [0.29, 0.717) is 12.8 Å². The Morgan fingerprint density at radius 3 is 1.13 bits per heavy atom. The van der Waals surface area contributed by atoms with Crippen molar-refractivity contribution in [3.05, 3.63) is 48.6 Å². The quantitative estimate of drug-likeness (QED) is 0.0199. The zero-order chi connectivity index (χ0) is 68.2. The number of allylic oxidation sites excluding steroid dienone is 7. The Bertz CT molecular complexity index is 1890. The van der Waals surface area contributed by atoms with Crippen molar-refractivity contribution >= 4 is 5.91 Å². The van der Waals surface area contributed by atoms with E-state index < -0.39 is 124 Å². The second kappa shape index (κ2) is 56.5. The van der Waals surface area contributed by atoms with Gasteiger partial charge in [-0.2, -0.15) is 0 Å². The van der Waals surface area contributed by atoms with Gasteiger partial charge in [-0.15, -0.1) is 0 Å². The Hall–Kier alpha value is -2.25. The highest BCUT2D eigenvalue weighted by atomic mass is 16.8. The predicted octanol–water partition coefficient (Wildman–Crippen LogP) is 11.3. The molecule has 0 bridgehead atoms. The third kappa shape index (κ3) is 37.3. The smallest absolute Gasteiger partial charge is 0.220 e. The monoisotopic (exact) mass is 1340 g/mol. The van der Waals surface area contributed by atoms with Crippen LogP contribution in [0.25, 0.3) is 0 Å². The zero-order valence-electron chi connectivity index (χ0n) is 58.4. The number of carbonyl (C=O) groups is 1. The van der Waals surface area contributed by atoms with Gasteiger partial charge in [-0.1, -0.05) is 268 Å². The van der Waals surface area contributed by atoms with Gasteiger partial charge in [0.05, 0.1) is 38.6 Å². The molecule has 19 heteroatoms. The molecule has 3 fully saturated rings. The largest absolute Gasteiger partial charge is 0.394 e. The first kappa shape index (κ1) is 86.0. The van der Waals surface area contributed by atoms with Crippen molar-refractivity contribution in [2.24, 2.45) is 0 Å². The molecule has 12 N–H and O–H groups in total. The van der Waals surface area contributed by atoms with Crippen LogP contribution in [-0.2, 0) is 33.2 Å². The average Bonchev–Trinajstić information content (AvgIpc) is 0.787. The van der Waals surface area contributed by atoms with Crippen molar-refractivity contribution in [2.45, 2.75) is 394 Å². The van der Waals surface area contributed by atoms with Crippen molar-refractivity contribution in [3.63, 3.8) is 0 Å². The van der Waals surface area contributed by atoms with E-state index in [1.54, 1.807) is 6.08 Å². The van der Waals surface area contributed by atoms with Crippen LogP contribution in [0, 0.1) is 0 Å². The number of carbonyl (C=O) groups excluding carboxylic acids is 1. The molecule has 94 heavy (non-hydrogen) atoms. The summed E-state index contributed by atoms with van der Waals surface area (Å²) in [4.78, 5) is 13.4. The lowest BCUT2D eigenvalue weighted by Gasteiger charge is -2.48. The van der Waals surface area contributed by atoms with Gasteiger partial charge in [0, 0.05) is 6.42 Å². The summed E-state index contributed by atoms with van der Waals surface area (Å²) >= 11 is 0. The molecular formula is C75H137NO18. The molecule has 17 unspecified atom stereocenters. The fraction of sp³-hybridized carbons (Fsp3) is 0.880. The van der Waals surface area contributed by atoms with Gasteiger partial charge in [-0.05, 0) is 64.2 Å². The van der Waals surface area contributed by atoms with Gasteiger partial charge in [0.2, 0.25) is 5.91 Å². The van der Waals surface area contributed by atoms with Crippen LogP contribution in [0.5, 0.6) is 0 Å². The maximum Gasteiger partial charge on any atom is 0.220 e. The van der Waals surface area contributed by atoms with E-state index in [9.17, 15) is 61.0 Å². The van der Waals surface area contributed by atoms with E-state index in [1.807, 2.05) is 6.08 Å². The van der Waals surface area contributed by atoms with Crippen molar-refractivity contribution in [1.82, 2.24) is 5.32 Å². The van der Waals surface area contributed by atoms with Crippen molar-refractivity contribution in [2.75, 3.05) is 26.4 Å². The van der Waals surface area contributed by atoms with Crippen LogP contribution in [0.3, 0.4) is 0 Å². The van der Waals surface area contributed by atoms with Crippen LogP contribution in [0.1, 0.15) is 290 Å². The number of rotatable bonds is 59. The summed E-state index contributed by atoms with van der Waals surface area (Å²) in [5.41, 5.74) is 0. The SMILES string of the molecule is CCCCCCC/C=C\C/C=C\CCCCCCCCCCCCCCCCCCCCCC(=O)NC(COC1OC(CO)C(OC2OC(CO)C(OC3OC(CO)C(O)C(O)C3O)C(O)C2O)C(O)C1O)C(O)/C=C/CC/C=C/CCCCCCCCCCCCCC. The summed E-state index contributed by atoms with van der Waals surface area (Å²) < 4.78 is 34.4. The summed E-state index contributed by atoms with van der Waals surface area (Å²) in [6, 6.07) is -0.990. The normalized spacial score (nSPS) is 27.6. The van der Waals surface area contributed by atoms with E-state index >= 15 is 0 Å². The lowest BCUT2D eigenvalue weighted by molar-refractivity contribution is -0.379. The first-order valence-corrected chi connectivity index (χ1v) is 37.9. The van der Waals surface area contributed by atoms with Crippen LogP contribution in [0.15, 0.2) is 48.6 Å². The minimum absolute atomic E-state index is 0.237. The van der Waals surface area contributed by atoms with E-state index in [4.69, 9.17) is 28.4 Å². The second-order valence-electron chi connectivity index (χ2n) is 27.1. The molecule has 3 aliphatic rings. The van der Waals surface area contributed by atoms with E-state index in [2.05, 4.69) is 55.6 Å². The fourth-order valence-electron chi connectivity index (χ4n) is 12.7. The molecule has 0 aliphatic carbocycles. The number of ether oxygens (including phenoxy) is 6. The molecule has 3 saturated heterocycles.